The van der Waals surface area contributed by atoms with Crippen molar-refractivity contribution in [1.82, 2.24) is 19.9 Å². The summed E-state index contributed by atoms with van der Waals surface area (Å²) in [6.45, 7) is 0.654. The van der Waals surface area contributed by atoms with Gasteiger partial charge in [0.05, 0.1) is 5.52 Å². The number of hydrogen-bond donors (Lipinski definition) is 2. The fourth-order valence-electron chi connectivity index (χ4n) is 2.50. The number of hydrogen-bond acceptors (Lipinski definition) is 4. The van der Waals surface area contributed by atoms with Gasteiger partial charge < -0.3 is 10.3 Å². The van der Waals surface area contributed by atoms with Crippen LogP contribution in [-0.2, 0) is 6.54 Å². The molecule has 0 fully saturated rings. The summed E-state index contributed by atoms with van der Waals surface area (Å²) >= 11 is 5.92. The number of H-pyrrole nitrogens is 1. The Kier molecular flexibility index (Phi) is 3.84. The molecule has 0 saturated heterocycles. The van der Waals surface area contributed by atoms with E-state index < -0.39 is 0 Å². The summed E-state index contributed by atoms with van der Waals surface area (Å²) in [5.41, 5.74) is 3.88. The fraction of sp³-hybridized carbons (Fsp3) is 0.0556. The molecule has 0 aliphatic rings. The van der Waals surface area contributed by atoms with Crippen LogP contribution in [-0.4, -0.2) is 19.9 Å². The zero-order chi connectivity index (χ0) is 16.4. The van der Waals surface area contributed by atoms with E-state index in [0.29, 0.717) is 6.54 Å². The lowest BCUT2D eigenvalue weighted by atomic mass is 10.2. The lowest BCUT2D eigenvalue weighted by Gasteiger charge is -2.06. The lowest BCUT2D eigenvalue weighted by molar-refractivity contribution is 1.12. The molecule has 3 aromatic heterocycles. The standard InChI is InChI=1S/C18H14ClN5/c19-14-3-1-12(2-4-14)11-22-18-16-15(7-10-21-18)23-17(24-16)13-5-8-20-9-6-13/h1-10H,11H2,(H,21,22)(H,23,24). The highest BCUT2D eigenvalue weighted by Crippen LogP contribution is 2.24. The van der Waals surface area contributed by atoms with E-state index in [2.05, 4.69) is 25.3 Å². The molecule has 0 aliphatic carbocycles. The van der Waals surface area contributed by atoms with Gasteiger partial charge in [0, 0.05) is 35.7 Å². The summed E-state index contributed by atoms with van der Waals surface area (Å²) in [5, 5.41) is 4.07. The van der Waals surface area contributed by atoms with Crippen molar-refractivity contribution in [3.05, 3.63) is 71.6 Å². The van der Waals surface area contributed by atoms with Gasteiger partial charge in [-0.05, 0) is 35.9 Å². The number of nitrogens with zero attached hydrogens (tertiary/aromatic N) is 3. The maximum Gasteiger partial charge on any atom is 0.154 e. The van der Waals surface area contributed by atoms with Crippen molar-refractivity contribution in [2.45, 2.75) is 6.54 Å². The Hall–Kier alpha value is -2.92. The van der Waals surface area contributed by atoms with Crippen LogP contribution < -0.4 is 5.32 Å². The van der Waals surface area contributed by atoms with Gasteiger partial charge in [0.2, 0.25) is 0 Å². The van der Waals surface area contributed by atoms with Crippen LogP contribution in [0, 0.1) is 0 Å². The number of halogens is 1. The van der Waals surface area contributed by atoms with Gasteiger partial charge in [0.25, 0.3) is 0 Å². The molecule has 0 amide bonds. The van der Waals surface area contributed by atoms with Gasteiger partial charge in [0.1, 0.15) is 11.3 Å². The van der Waals surface area contributed by atoms with Crippen molar-refractivity contribution < 1.29 is 0 Å². The Morgan fingerprint density at radius 2 is 1.75 bits per heavy atom. The van der Waals surface area contributed by atoms with Gasteiger partial charge in [-0.25, -0.2) is 9.97 Å². The van der Waals surface area contributed by atoms with Gasteiger partial charge in [0.15, 0.2) is 5.82 Å². The van der Waals surface area contributed by atoms with E-state index in [1.807, 2.05) is 42.5 Å². The molecule has 6 heteroatoms. The Bertz CT molecular complexity index is 964. The number of rotatable bonds is 4. The average molecular weight is 336 g/mol. The van der Waals surface area contributed by atoms with E-state index in [4.69, 9.17) is 11.6 Å². The van der Waals surface area contributed by atoms with Crippen LogP contribution in [0.1, 0.15) is 5.56 Å². The molecule has 118 valence electrons. The summed E-state index contributed by atoms with van der Waals surface area (Å²) in [6, 6.07) is 13.5. The Labute approximate surface area is 143 Å². The number of pyridine rings is 2. The minimum atomic E-state index is 0.654. The third-order valence-corrected chi connectivity index (χ3v) is 3.98. The third-order valence-electron chi connectivity index (χ3n) is 3.73. The maximum atomic E-state index is 5.92. The molecule has 4 rings (SSSR count). The predicted molar refractivity (Wildman–Crippen MR) is 95.9 cm³/mol. The Balaban J connectivity index is 1.63. The van der Waals surface area contributed by atoms with E-state index in [0.717, 1.165) is 38.8 Å². The zero-order valence-electron chi connectivity index (χ0n) is 12.7. The minimum absolute atomic E-state index is 0.654. The van der Waals surface area contributed by atoms with Crippen LogP contribution in [0.4, 0.5) is 5.82 Å². The van der Waals surface area contributed by atoms with Crippen molar-refractivity contribution in [2.24, 2.45) is 0 Å². The predicted octanol–water partition coefficient (Wildman–Crippen LogP) is 4.29. The molecule has 3 heterocycles. The van der Waals surface area contributed by atoms with Crippen molar-refractivity contribution in [3.8, 4) is 11.4 Å². The first-order chi connectivity index (χ1) is 11.8. The van der Waals surface area contributed by atoms with Crippen LogP contribution in [0.25, 0.3) is 22.4 Å². The molecule has 0 atom stereocenters. The number of benzene rings is 1. The van der Waals surface area contributed by atoms with Crippen LogP contribution in [0.3, 0.4) is 0 Å². The molecule has 24 heavy (non-hydrogen) atoms. The molecule has 1 aromatic carbocycles. The topological polar surface area (TPSA) is 66.5 Å². The number of imidazole rings is 1. The first-order valence-corrected chi connectivity index (χ1v) is 7.91. The van der Waals surface area contributed by atoms with Crippen molar-refractivity contribution >= 4 is 28.5 Å². The van der Waals surface area contributed by atoms with Crippen LogP contribution in [0.2, 0.25) is 5.02 Å². The van der Waals surface area contributed by atoms with Gasteiger partial charge >= 0.3 is 0 Å². The van der Waals surface area contributed by atoms with Gasteiger partial charge in [-0.3, -0.25) is 4.98 Å². The smallest absolute Gasteiger partial charge is 0.154 e. The number of aromatic amines is 1. The van der Waals surface area contributed by atoms with Crippen molar-refractivity contribution in [3.63, 3.8) is 0 Å². The second-order valence-corrected chi connectivity index (χ2v) is 5.79. The van der Waals surface area contributed by atoms with E-state index in [1.165, 1.54) is 0 Å². The first kappa shape index (κ1) is 14.7. The summed E-state index contributed by atoms with van der Waals surface area (Å²) < 4.78 is 0. The molecule has 0 aliphatic heterocycles. The zero-order valence-corrected chi connectivity index (χ0v) is 13.5. The summed E-state index contributed by atoms with van der Waals surface area (Å²) in [5.74, 6) is 1.55. The second-order valence-electron chi connectivity index (χ2n) is 5.36. The number of anilines is 1. The molecule has 0 unspecified atom stereocenters. The number of aromatic nitrogens is 4. The second kappa shape index (κ2) is 6.29. The Morgan fingerprint density at radius 1 is 0.958 bits per heavy atom. The average Bonchev–Trinajstić information content (AvgIpc) is 3.07. The molecule has 0 saturated carbocycles. The molecule has 0 radical (unpaired) electrons. The number of fused-ring (bicyclic) bond motifs is 1. The molecule has 2 N–H and O–H groups in total. The first-order valence-electron chi connectivity index (χ1n) is 7.53. The summed E-state index contributed by atoms with van der Waals surface area (Å²) in [7, 11) is 0. The van der Waals surface area contributed by atoms with Crippen LogP contribution >= 0.6 is 11.6 Å². The summed E-state index contributed by atoms with van der Waals surface area (Å²) in [4.78, 5) is 16.5. The molecular formula is C18H14ClN5. The monoisotopic (exact) mass is 335 g/mol. The van der Waals surface area contributed by atoms with Crippen LogP contribution in [0.15, 0.2) is 61.1 Å². The highest BCUT2D eigenvalue weighted by atomic mass is 35.5. The van der Waals surface area contributed by atoms with Gasteiger partial charge in [-0.2, -0.15) is 0 Å². The third kappa shape index (κ3) is 2.94. The normalized spacial score (nSPS) is 10.9. The lowest BCUT2D eigenvalue weighted by Crippen LogP contribution is -2.01. The van der Waals surface area contributed by atoms with Crippen molar-refractivity contribution in [1.29, 1.82) is 0 Å². The quantitative estimate of drug-likeness (QED) is 0.584. The highest BCUT2D eigenvalue weighted by molar-refractivity contribution is 6.30. The van der Waals surface area contributed by atoms with E-state index in [9.17, 15) is 0 Å². The molecule has 0 bridgehead atoms. The molecule has 4 aromatic rings. The van der Waals surface area contributed by atoms with Crippen molar-refractivity contribution in [2.75, 3.05) is 5.32 Å². The van der Waals surface area contributed by atoms with E-state index in [-0.39, 0.29) is 0 Å². The molecule has 5 nitrogen and oxygen atoms in total. The Morgan fingerprint density at radius 3 is 2.54 bits per heavy atom. The SMILES string of the molecule is Clc1ccc(CNc2nccc3[nH]c(-c4ccncc4)nc23)cc1. The number of nitrogens with one attached hydrogen (secondary N) is 2. The van der Waals surface area contributed by atoms with E-state index >= 15 is 0 Å². The summed E-state index contributed by atoms with van der Waals surface area (Å²) in [6.07, 6.45) is 5.27. The van der Waals surface area contributed by atoms with Gasteiger partial charge in [-0.15, -0.1) is 0 Å². The molecule has 0 spiro atoms. The van der Waals surface area contributed by atoms with E-state index in [1.54, 1.807) is 18.6 Å². The highest BCUT2D eigenvalue weighted by Gasteiger charge is 2.09. The maximum absolute atomic E-state index is 5.92. The minimum Gasteiger partial charge on any atom is -0.364 e. The van der Waals surface area contributed by atoms with Gasteiger partial charge in [-0.1, -0.05) is 23.7 Å². The largest absolute Gasteiger partial charge is 0.364 e. The fourth-order valence-corrected chi connectivity index (χ4v) is 2.63. The molecular weight excluding hydrogens is 322 g/mol. The van der Waals surface area contributed by atoms with Crippen LogP contribution in [0.5, 0.6) is 0 Å².